The van der Waals surface area contributed by atoms with E-state index in [0.29, 0.717) is 10.2 Å². The van der Waals surface area contributed by atoms with Gasteiger partial charge in [-0.15, -0.1) is 0 Å². The maximum Gasteiger partial charge on any atom is 0.265 e. The van der Waals surface area contributed by atoms with Crippen LogP contribution in [0.3, 0.4) is 0 Å². The number of hydrogen-bond acceptors (Lipinski definition) is 4. The van der Waals surface area contributed by atoms with Gasteiger partial charge in [-0.1, -0.05) is 18.2 Å². The number of nitrogens with two attached hydrogens (primary N) is 1. The average Bonchev–Trinajstić information content (AvgIpc) is 2.42. The second kappa shape index (κ2) is 5.64. The van der Waals surface area contributed by atoms with Crippen molar-refractivity contribution < 1.29 is 13.2 Å². The quantitative estimate of drug-likeness (QED) is 0.826. The predicted molar refractivity (Wildman–Crippen MR) is 79.6 cm³/mol. The number of nitrogens with one attached hydrogen (secondary N) is 1. The molecule has 20 heavy (non-hydrogen) atoms. The van der Waals surface area contributed by atoms with Crippen LogP contribution in [0, 0.1) is 0 Å². The fourth-order valence-electron chi connectivity index (χ4n) is 1.52. The van der Waals surface area contributed by atoms with Gasteiger partial charge in [0.2, 0.25) is 0 Å². The number of amides is 1. The second-order valence-corrected chi connectivity index (χ2v) is 6.52. The van der Waals surface area contributed by atoms with Crippen molar-refractivity contribution in [1.29, 1.82) is 0 Å². The molecule has 0 saturated carbocycles. The van der Waals surface area contributed by atoms with Gasteiger partial charge in [-0.05, 0) is 46.3 Å². The second-order valence-electron chi connectivity index (χ2n) is 3.98. The molecule has 0 aliphatic heterocycles. The number of anilines is 1. The predicted octanol–water partition coefficient (Wildman–Crippen LogP) is 2.15. The van der Waals surface area contributed by atoms with Crippen molar-refractivity contribution in [3.8, 4) is 0 Å². The van der Waals surface area contributed by atoms with Gasteiger partial charge in [-0.25, -0.2) is 13.1 Å². The van der Waals surface area contributed by atoms with E-state index in [0.717, 1.165) is 0 Å². The van der Waals surface area contributed by atoms with Gasteiger partial charge in [0, 0.05) is 15.7 Å². The molecule has 0 radical (unpaired) electrons. The minimum Gasteiger partial charge on any atom is -0.398 e. The first-order valence-electron chi connectivity index (χ1n) is 5.57. The summed E-state index contributed by atoms with van der Waals surface area (Å²) in [7, 11) is -3.88. The lowest BCUT2D eigenvalue weighted by atomic mass is 10.2. The Balaban J connectivity index is 2.25. The number of halogens is 1. The van der Waals surface area contributed by atoms with Gasteiger partial charge < -0.3 is 5.73 Å². The molecule has 3 N–H and O–H groups in total. The summed E-state index contributed by atoms with van der Waals surface area (Å²) in [6, 6.07) is 12.1. The van der Waals surface area contributed by atoms with Crippen LogP contribution in [-0.4, -0.2) is 14.3 Å². The van der Waals surface area contributed by atoms with Crippen molar-refractivity contribution in [2.24, 2.45) is 0 Å². The normalized spacial score (nSPS) is 11.1. The van der Waals surface area contributed by atoms with E-state index in [2.05, 4.69) is 15.9 Å². The van der Waals surface area contributed by atoms with Crippen molar-refractivity contribution in [2.45, 2.75) is 4.90 Å². The van der Waals surface area contributed by atoms with Crippen LogP contribution in [0.25, 0.3) is 0 Å². The van der Waals surface area contributed by atoms with E-state index in [1.807, 2.05) is 4.72 Å². The van der Waals surface area contributed by atoms with Crippen molar-refractivity contribution >= 4 is 37.5 Å². The summed E-state index contributed by atoms with van der Waals surface area (Å²) >= 11 is 3.20. The van der Waals surface area contributed by atoms with Crippen LogP contribution in [0.5, 0.6) is 0 Å². The Morgan fingerprint density at radius 1 is 1.10 bits per heavy atom. The summed E-state index contributed by atoms with van der Waals surface area (Å²) < 4.78 is 26.6. The largest absolute Gasteiger partial charge is 0.398 e. The van der Waals surface area contributed by atoms with Gasteiger partial charge in [0.15, 0.2) is 0 Å². The molecule has 1 amide bonds. The van der Waals surface area contributed by atoms with Gasteiger partial charge >= 0.3 is 0 Å². The van der Waals surface area contributed by atoms with Crippen LogP contribution >= 0.6 is 15.9 Å². The number of sulfonamides is 1. The lowest BCUT2D eigenvalue weighted by Crippen LogP contribution is -2.30. The van der Waals surface area contributed by atoms with Crippen LogP contribution in [0.15, 0.2) is 57.9 Å². The standard InChI is InChI=1S/C13H11BrN2O3S/c14-11-7-6-9(8-12(11)15)13(17)16-20(18,19)10-4-2-1-3-5-10/h1-8H,15H2,(H,16,17). The van der Waals surface area contributed by atoms with E-state index in [1.165, 1.54) is 24.3 Å². The molecule has 0 fully saturated rings. The molecule has 0 unspecified atom stereocenters. The molecule has 0 aliphatic carbocycles. The van der Waals surface area contributed by atoms with E-state index in [1.54, 1.807) is 24.3 Å². The highest BCUT2D eigenvalue weighted by atomic mass is 79.9. The van der Waals surface area contributed by atoms with Crippen LogP contribution in [0.1, 0.15) is 10.4 Å². The molecule has 0 heterocycles. The van der Waals surface area contributed by atoms with E-state index in [-0.39, 0.29) is 10.5 Å². The summed E-state index contributed by atoms with van der Waals surface area (Å²) in [5, 5.41) is 0. The third-order valence-electron chi connectivity index (χ3n) is 2.54. The number of carbonyl (C=O) groups excluding carboxylic acids is 1. The Hall–Kier alpha value is -1.86. The van der Waals surface area contributed by atoms with Crippen LogP contribution < -0.4 is 10.5 Å². The van der Waals surface area contributed by atoms with Gasteiger partial charge in [0.1, 0.15) is 0 Å². The molecule has 0 saturated heterocycles. The summed E-state index contributed by atoms with van der Waals surface area (Å²) in [6.45, 7) is 0. The molecule has 5 nitrogen and oxygen atoms in total. The SMILES string of the molecule is Nc1cc(C(=O)NS(=O)(=O)c2ccccc2)ccc1Br. The van der Waals surface area contributed by atoms with Gasteiger partial charge in [0.05, 0.1) is 4.90 Å². The number of carbonyl (C=O) groups is 1. The zero-order valence-electron chi connectivity index (χ0n) is 10.2. The minimum absolute atomic E-state index is 0.0263. The highest BCUT2D eigenvalue weighted by Crippen LogP contribution is 2.20. The van der Waals surface area contributed by atoms with E-state index < -0.39 is 15.9 Å². The van der Waals surface area contributed by atoms with Gasteiger partial charge in [0.25, 0.3) is 15.9 Å². The summed E-state index contributed by atoms with van der Waals surface area (Å²) in [4.78, 5) is 12.0. The monoisotopic (exact) mass is 354 g/mol. The van der Waals surface area contributed by atoms with Crippen molar-refractivity contribution in [1.82, 2.24) is 4.72 Å². The lowest BCUT2D eigenvalue weighted by Gasteiger charge is -2.07. The Morgan fingerprint density at radius 3 is 2.35 bits per heavy atom. The zero-order valence-corrected chi connectivity index (χ0v) is 12.6. The Bertz CT molecular complexity index is 745. The highest BCUT2D eigenvalue weighted by Gasteiger charge is 2.18. The fraction of sp³-hybridized carbons (Fsp3) is 0. The fourth-order valence-corrected chi connectivity index (χ4v) is 2.77. The molecule has 0 bridgehead atoms. The van der Waals surface area contributed by atoms with Crippen molar-refractivity contribution in [3.05, 3.63) is 58.6 Å². The smallest absolute Gasteiger partial charge is 0.265 e. The number of rotatable bonds is 3. The van der Waals surface area contributed by atoms with E-state index >= 15 is 0 Å². The zero-order chi connectivity index (χ0) is 14.8. The first-order chi connectivity index (χ1) is 9.40. The Morgan fingerprint density at radius 2 is 1.75 bits per heavy atom. The lowest BCUT2D eigenvalue weighted by molar-refractivity contribution is 0.0981. The average molecular weight is 355 g/mol. The summed E-state index contributed by atoms with van der Waals surface area (Å²) in [6.07, 6.45) is 0. The van der Waals surface area contributed by atoms with Crippen molar-refractivity contribution in [2.75, 3.05) is 5.73 Å². The topological polar surface area (TPSA) is 89.3 Å². The number of benzene rings is 2. The molecule has 104 valence electrons. The first-order valence-corrected chi connectivity index (χ1v) is 7.85. The van der Waals surface area contributed by atoms with Gasteiger partial charge in [-0.3, -0.25) is 4.79 Å². The molecule has 0 aliphatic rings. The first kappa shape index (κ1) is 14.5. The summed E-state index contributed by atoms with van der Waals surface area (Å²) in [5.74, 6) is -0.729. The minimum atomic E-state index is -3.88. The van der Waals surface area contributed by atoms with E-state index in [4.69, 9.17) is 5.73 Å². The maximum absolute atomic E-state index is 12.0. The van der Waals surface area contributed by atoms with Crippen molar-refractivity contribution in [3.63, 3.8) is 0 Å². The van der Waals surface area contributed by atoms with Crippen LogP contribution in [0.2, 0.25) is 0 Å². The molecule has 2 rings (SSSR count). The Labute approximate surface area is 125 Å². The van der Waals surface area contributed by atoms with Crippen LogP contribution in [0.4, 0.5) is 5.69 Å². The molecule has 0 spiro atoms. The highest BCUT2D eigenvalue weighted by molar-refractivity contribution is 9.10. The number of nitrogen functional groups attached to an aromatic ring is 1. The third-order valence-corrected chi connectivity index (χ3v) is 4.61. The molecule has 2 aromatic carbocycles. The van der Waals surface area contributed by atoms with Crippen LogP contribution in [-0.2, 0) is 10.0 Å². The Kier molecular flexibility index (Phi) is 4.10. The third kappa shape index (κ3) is 3.17. The molecular weight excluding hydrogens is 344 g/mol. The molecule has 0 atom stereocenters. The van der Waals surface area contributed by atoms with E-state index in [9.17, 15) is 13.2 Å². The summed E-state index contributed by atoms with van der Waals surface area (Å²) in [5.41, 5.74) is 6.18. The molecular formula is C13H11BrN2O3S. The molecule has 0 aromatic heterocycles. The molecule has 7 heteroatoms. The molecule has 2 aromatic rings. The number of hydrogen-bond donors (Lipinski definition) is 2. The van der Waals surface area contributed by atoms with Gasteiger partial charge in [-0.2, -0.15) is 0 Å². The maximum atomic E-state index is 12.0.